The summed E-state index contributed by atoms with van der Waals surface area (Å²) in [6.07, 6.45) is 1.91. The molecule has 1 aliphatic heterocycles. The molecule has 0 saturated carbocycles. The van der Waals surface area contributed by atoms with Crippen molar-refractivity contribution in [1.82, 2.24) is 4.98 Å². The van der Waals surface area contributed by atoms with E-state index in [0.29, 0.717) is 18.3 Å². The van der Waals surface area contributed by atoms with Crippen molar-refractivity contribution in [3.05, 3.63) is 39.7 Å². The Labute approximate surface area is 106 Å². The summed E-state index contributed by atoms with van der Waals surface area (Å²) >= 11 is 0. The molecule has 1 N–H and O–H groups in total. The summed E-state index contributed by atoms with van der Waals surface area (Å²) in [6, 6.07) is 6.32. The van der Waals surface area contributed by atoms with Crippen LogP contribution in [0.3, 0.4) is 0 Å². The van der Waals surface area contributed by atoms with Gasteiger partial charge in [0.25, 0.3) is 5.56 Å². The highest BCUT2D eigenvalue weighted by molar-refractivity contribution is 5.84. The van der Waals surface area contributed by atoms with Gasteiger partial charge in [-0.3, -0.25) is 4.79 Å². The number of H-pyrrole nitrogens is 1. The van der Waals surface area contributed by atoms with Crippen LogP contribution in [0.25, 0.3) is 10.9 Å². The van der Waals surface area contributed by atoms with Gasteiger partial charge in [-0.25, -0.2) is 0 Å². The molecule has 0 spiro atoms. The minimum Gasteiger partial charge on any atom is -0.488 e. The number of aryl methyl sites for hydroxylation is 1. The fourth-order valence-corrected chi connectivity index (χ4v) is 2.55. The van der Waals surface area contributed by atoms with Crippen LogP contribution in [0.2, 0.25) is 0 Å². The molecule has 0 fully saturated rings. The zero-order chi connectivity index (χ0) is 12.7. The summed E-state index contributed by atoms with van der Waals surface area (Å²) in [4.78, 5) is 14.9. The van der Waals surface area contributed by atoms with E-state index in [1.807, 2.05) is 0 Å². The van der Waals surface area contributed by atoms with Gasteiger partial charge in [0.2, 0.25) is 0 Å². The first-order chi connectivity index (χ1) is 8.66. The van der Waals surface area contributed by atoms with Crippen LogP contribution in [0.15, 0.2) is 23.0 Å². The van der Waals surface area contributed by atoms with Crippen LogP contribution in [0.4, 0.5) is 0 Å². The average Bonchev–Trinajstić information content (AvgIpc) is 2.38. The molecule has 0 saturated heterocycles. The largest absolute Gasteiger partial charge is 0.488 e. The first kappa shape index (κ1) is 11.3. The minimum atomic E-state index is -0.0990. The summed E-state index contributed by atoms with van der Waals surface area (Å²) in [5.41, 5.74) is 3.14. The Morgan fingerprint density at radius 3 is 2.94 bits per heavy atom. The molecule has 1 aromatic carbocycles. The Morgan fingerprint density at radius 2 is 2.17 bits per heavy atom. The van der Waals surface area contributed by atoms with Gasteiger partial charge in [0.1, 0.15) is 0 Å². The first-order valence-corrected chi connectivity index (χ1v) is 6.48. The van der Waals surface area contributed by atoms with E-state index in [-0.39, 0.29) is 5.56 Å². The molecule has 0 unspecified atom stereocenters. The van der Waals surface area contributed by atoms with Crippen LogP contribution >= 0.6 is 0 Å². The Bertz CT molecular complexity index is 655. The Morgan fingerprint density at radius 1 is 1.33 bits per heavy atom. The van der Waals surface area contributed by atoms with Crippen LogP contribution < -0.4 is 10.3 Å². The predicted molar refractivity (Wildman–Crippen MR) is 72.5 cm³/mol. The average molecular weight is 243 g/mol. The van der Waals surface area contributed by atoms with Crippen LogP contribution in [0.5, 0.6) is 5.75 Å². The van der Waals surface area contributed by atoms with Gasteiger partial charge in [0.05, 0.1) is 6.61 Å². The highest BCUT2D eigenvalue weighted by atomic mass is 16.5. The predicted octanol–water partition coefficient (Wildman–Crippen LogP) is 2.98. The summed E-state index contributed by atoms with van der Waals surface area (Å²) < 4.78 is 5.50. The monoisotopic (exact) mass is 243 g/mol. The second kappa shape index (κ2) is 4.16. The molecule has 2 aromatic rings. The molecular formula is C15H17NO2. The van der Waals surface area contributed by atoms with Gasteiger partial charge in [-0.15, -0.1) is 0 Å². The van der Waals surface area contributed by atoms with Gasteiger partial charge in [0, 0.05) is 16.5 Å². The first-order valence-electron chi connectivity index (χ1n) is 6.48. The van der Waals surface area contributed by atoms with Crippen molar-refractivity contribution in [3.63, 3.8) is 0 Å². The van der Waals surface area contributed by atoms with Crippen molar-refractivity contribution in [2.75, 3.05) is 6.61 Å². The number of benzene rings is 1. The molecule has 0 aliphatic carbocycles. The second-order valence-corrected chi connectivity index (χ2v) is 5.17. The smallest absolute Gasteiger partial charge is 0.291 e. The lowest BCUT2D eigenvalue weighted by molar-refractivity contribution is 0.285. The number of rotatable bonds is 1. The van der Waals surface area contributed by atoms with Crippen molar-refractivity contribution in [2.45, 2.75) is 32.6 Å². The molecule has 94 valence electrons. The zero-order valence-corrected chi connectivity index (χ0v) is 10.7. The maximum Gasteiger partial charge on any atom is 0.291 e. The third kappa shape index (κ3) is 1.70. The van der Waals surface area contributed by atoms with Crippen LogP contribution in [0.1, 0.15) is 37.3 Å². The fraction of sp³-hybridized carbons (Fsp3) is 0.400. The molecule has 3 rings (SSSR count). The van der Waals surface area contributed by atoms with E-state index in [2.05, 4.69) is 37.0 Å². The number of ether oxygens (including phenoxy) is 1. The van der Waals surface area contributed by atoms with Crippen molar-refractivity contribution < 1.29 is 4.74 Å². The number of fused-ring (bicyclic) bond motifs is 3. The fourth-order valence-electron chi connectivity index (χ4n) is 2.55. The van der Waals surface area contributed by atoms with Gasteiger partial charge >= 0.3 is 0 Å². The molecule has 3 heteroatoms. The van der Waals surface area contributed by atoms with E-state index in [4.69, 9.17) is 4.74 Å². The molecule has 2 heterocycles. The molecule has 1 aromatic heterocycles. The summed E-state index contributed by atoms with van der Waals surface area (Å²) in [7, 11) is 0. The second-order valence-electron chi connectivity index (χ2n) is 5.17. The Balaban J connectivity index is 2.30. The molecule has 0 radical (unpaired) electrons. The van der Waals surface area contributed by atoms with Gasteiger partial charge in [-0.05, 0) is 30.4 Å². The SMILES string of the molecule is CC(C)c1ccc2c3c(c(=O)[nH]c2c1)OCCC3. The summed E-state index contributed by atoms with van der Waals surface area (Å²) in [6.45, 7) is 4.95. The maximum absolute atomic E-state index is 12.0. The van der Waals surface area contributed by atoms with Crippen molar-refractivity contribution in [3.8, 4) is 5.75 Å². The van der Waals surface area contributed by atoms with Gasteiger partial charge in [-0.2, -0.15) is 0 Å². The molecule has 0 atom stereocenters. The standard InChI is InChI=1S/C15H17NO2/c1-9(2)10-5-6-11-12-4-3-7-18-14(12)15(17)16-13(11)8-10/h5-6,8-9H,3-4,7H2,1-2H3,(H,16,17). The van der Waals surface area contributed by atoms with E-state index in [1.54, 1.807) is 0 Å². The van der Waals surface area contributed by atoms with Crippen LogP contribution in [-0.2, 0) is 6.42 Å². The number of nitrogens with one attached hydrogen (secondary N) is 1. The van der Waals surface area contributed by atoms with Gasteiger partial charge < -0.3 is 9.72 Å². The number of aromatic amines is 1. The van der Waals surface area contributed by atoms with E-state index in [1.165, 1.54) is 5.56 Å². The normalized spacial score (nSPS) is 14.6. The van der Waals surface area contributed by atoms with E-state index in [0.717, 1.165) is 29.3 Å². The molecule has 0 amide bonds. The molecule has 0 bridgehead atoms. The Kier molecular flexibility index (Phi) is 2.62. The third-order valence-electron chi connectivity index (χ3n) is 3.58. The molecule has 1 aliphatic rings. The number of hydrogen-bond acceptors (Lipinski definition) is 2. The van der Waals surface area contributed by atoms with Crippen molar-refractivity contribution in [1.29, 1.82) is 0 Å². The number of pyridine rings is 1. The summed E-state index contributed by atoms with van der Waals surface area (Å²) in [5, 5.41) is 1.12. The van der Waals surface area contributed by atoms with E-state index in [9.17, 15) is 4.79 Å². The zero-order valence-electron chi connectivity index (χ0n) is 10.7. The lowest BCUT2D eigenvalue weighted by Crippen LogP contribution is -2.19. The maximum atomic E-state index is 12.0. The van der Waals surface area contributed by atoms with Crippen LogP contribution in [0, 0.1) is 0 Å². The highest BCUT2D eigenvalue weighted by Crippen LogP contribution is 2.29. The van der Waals surface area contributed by atoms with Gasteiger partial charge in [-0.1, -0.05) is 26.0 Å². The van der Waals surface area contributed by atoms with Gasteiger partial charge in [0.15, 0.2) is 5.75 Å². The summed E-state index contributed by atoms with van der Waals surface area (Å²) in [5.74, 6) is 0.983. The highest BCUT2D eigenvalue weighted by Gasteiger charge is 2.17. The van der Waals surface area contributed by atoms with E-state index >= 15 is 0 Å². The number of aromatic nitrogens is 1. The van der Waals surface area contributed by atoms with E-state index < -0.39 is 0 Å². The minimum absolute atomic E-state index is 0.0990. The third-order valence-corrected chi connectivity index (χ3v) is 3.58. The lowest BCUT2D eigenvalue weighted by Gasteiger charge is -2.18. The van der Waals surface area contributed by atoms with Crippen molar-refractivity contribution >= 4 is 10.9 Å². The van der Waals surface area contributed by atoms with Crippen LogP contribution in [-0.4, -0.2) is 11.6 Å². The molecular weight excluding hydrogens is 226 g/mol. The van der Waals surface area contributed by atoms with Crippen molar-refractivity contribution in [2.24, 2.45) is 0 Å². The lowest BCUT2D eigenvalue weighted by atomic mass is 9.97. The quantitative estimate of drug-likeness (QED) is 0.836. The molecule has 18 heavy (non-hydrogen) atoms. The topological polar surface area (TPSA) is 42.1 Å². The Hall–Kier alpha value is -1.77. The molecule has 3 nitrogen and oxygen atoms in total. The number of hydrogen-bond donors (Lipinski definition) is 1.